The van der Waals surface area contributed by atoms with Gasteiger partial charge in [0.05, 0.1) is 6.61 Å². The van der Waals surface area contributed by atoms with Crippen molar-refractivity contribution in [2.45, 2.75) is 13.0 Å². The number of anilines is 1. The molecule has 3 nitrogen and oxygen atoms in total. The number of ether oxygens (including phenoxy) is 1. The highest BCUT2D eigenvalue weighted by Gasteiger charge is 2.03. The number of hydrogen-bond acceptors (Lipinski definition) is 3. The van der Waals surface area contributed by atoms with Crippen LogP contribution in [0.3, 0.4) is 0 Å². The molecule has 0 fully saturated rings. The summed E-state index contributed by atoms with van der Waals surface area (Å²) in [6.07, 6.45) is -0.160. The van der Waals surface area contributed by atoms with Gasteiger partial charge in [0.25, 0.3) is 0 Å². The van der Waals surface area contributed by atoms with E-state index in [2.05, 4.69) is 0 Å². The summed E-state index contributed by atoms with van der Waals surface area (Å²) in [6, 6.07) is 7.79. The summed E-state index contributed by atoms with van der Waals surface area (Å²) in [5.41, 5.74) is 1.09. The number of aliphatic hydroxyl groups excluding tert-OH is 1. The molecule has 1 aromatic carbocycles. The largest absolute Gasteiger partial charge is 0.488 e. The van der Waals surface area contributed by atoms with Gasteiger partial charge in [-0.1, -0.05) is 6.07 Å². The summed E-state index contributed by atoms with van der Waals surface area (Å²) in [5, 5.41) is 8.84. The third-order valence-corrected chi connectivity index (χ3v) is 1.93. The monoisotopic (exact) mass is 195 g/mol. The molecule has 0 heterocycles. The van der Waals surface area contributed by atoms with E-state index in [-0.39, 0.29) is 12.7 Å². The smallest absolute Gasteiger partial charge is 0.121 e. The molecule has 0 aliphatic heterocycles. The first-order chi connectivity index (χ1) is 6.63. The Morgan fingerprint density at radius 2 is 2.14 bits per heavy atom. The number of rotatable bonds is 4. The van der Waals surface area contributed by atoms with Gasteiger partial charge in [-0.3, -0.25) is 0 Å². The molecule has 78 valence electrons. The van der Waals surface area contributed by atoms with Crippen molar-refractivity contribution in [2.24, 2.45) is 0 Å². The van der Waals surface area contributed by atoms with Gasteiger partial charge in [-0.05, 0) is 19.1 Å². The molecule has 14 heavy (non-hydrogen) atoms. The van der Waals surface area contributed by atoms with Crippen molar-refractivity contribution < 1.29 is 9.84 Å². The fourth-order valence-corrected chi connectivity index (χ4v) is 1.10. The SMILES string of the molecule is CC(CO)Oc1cccc(N(C)C)c1. The zero-order chi connectivity index (χ0) is 10.6. The fourth-order valence-electron chi connectivity index (χ4n) is 1.10. The second kappa shape index (κ2) is 4.86. The van der Waals surface area contributed by atoms with Crippen molar-refractivity contribution in [3.63, 3.8) is 0 Å². The van der Waals surface area contributed by atoms with Crippen molar-refractivity contribution in [2.75, 3.05) is 25.6 Å². The zero-order valence-electron chi connectivity index (χ0n) is 8.90. The van der Waals surface area contributed by atoms with Crippen LogP contribution in [-0.4, -0.2) is 31.9 Å². The van der Waals surface area contributed by atoms with Gasteiger partial charge in [-0.25, -0.2) is 0 Å². The maximum absolute atomic E-state index is 8.84. The first-order valence-electron chi connectivity index (χ1n) is 4.68. The van der Waals surface area contributed by atoms with Crippen molar-refractivity contribution in [1.82, 2.24) is 0 Å². The van der Waals surface area contributed by atoms with Gasteiger partial charge in [0.2, 0.25) is 0 Å². The Labute approximate surface area is 84.9 Å². The van der Waals surface area contributed by atoms with Crippen molar-refractivity contribution in [3.05, 3.63) is 24.3 Å². The first-order valence-corrected chi connectivity index (χ1v) is 4.68. The standard InChI is InChI=1S/C11H17NO2/c1-9(8-13)14-11-6-4-5-10(7-11)12(2)3/h4-7,9,13H,8H2,1-3H3. The highest BCUT2D eigenvalue weighted by Crippen LogP contribution is 2.20. The van der Waals surface area contributed by atoms with Crippen LogP contribution in [0.15, 0.2) is 24.3 Å². The predicted octanol–water partition coefficient (Wildman–Crippen LogP) is 1.51. The van der Waals surface area contributed by atoms with Gasteiger partial charge in [0.1, 0.15) is 11.9 Å². The Morgan fingerprint density at radius 1 is 1.43 bits per heavy atom. The minimum Gasteiger partial charge on any atom is -0.488 e. The molecular formula is C11H17NO2. The second-order valence-electron chi connectivity index (χ2n) is 3.50. The van der Waals surface area contributed by atoms with Gasteiger partial charge in [-0.15, -0.1) is 0 Å². The molecule has 0 amide bonds. The van der Waals surface area contributed by atoms with Crippen LogP contribution in [0.4, 0.5) is 5.69 Å². The van der Waals surface area contributed by atoms with Crippen LogP contribution in [0.1, 0.15) is 6.92 Å². The van der Waals surface area contributed by atoms with Crippen LogP contribution in [-0.2, 0) is 0 Å². The molecule has 1 rings (SSSR count). The molecule has 0 bridgehead atoms. The maximum atomic E-state index is 8.84. The second-order valence-corrected chi connectivity index (χ2v) is 3.50. The van der Waals surface area contributed by atoms with Crippen LogP contribution in [0, 0.1) is 0 Å². The highest BCUT2D eigenvalue weighted by atomic mass is 16.5. The third-order valence-electron chi connectivity index (χ3n) is 1.93. The lowest BCUT2D eigenvalue weighted by Gasteiger charge is -2.16. The lowest BCUT2D eigenvalue weighted by atomic mass is 10.3. The van der Waals surface area contributed by atoms with Crippen LogP contribution >= 0.6 is 0 Å². The van der Waals surface area contributed by atoms with E-state index in [0.717, 1.165) is 11.4 Å². The van der Waals surface area contributed by atoms with Gasteiger partial charge in [0, 0.05) is 25.8 Å². The molecule has 0 aliphatic carbocycles. The van der Waals surface area contributed by atoms with E-state index in [4.69, 9.17) is 9.84 Å². The average Bonchev–Trinajstić information content (AvgIpc) is 2.18. The highest BCUT2D eigenvalue weighted by molar-refractivity contribution is 5.49. The van der Waals surface area contributed by atoms with Crippen molar-refractivity contribution >= 4 is 5.69 Å². The summed E-state index contributed by atoms with van der Waals surface area (Å²) in [6.45, 7) is 1.87. The van der Waals surface area contributed by atoms with Crippen molar-refractivity contribution in [1.29, 1.82) is 0 Å². The van der Waals surface area contributed by atoms with Gasteiger partial charge < -0.3 is 14.7 Å². The van der Waals surface area contributed by atoms with E-state index in [1.165, 1.54) is 0 Å². The average molecular weight is 195 g/mol. The number of benzene rings is 1. The molecule has 1 aromatic rings. The molecule has 1 unspecified atom stereocenters. The quantitative estimate of drug-likeness (QED) is 0.790. The van der Waals surface area contributed by atoms with Crippen LogP contribution in [0.5, 0.6) is 5.75 Å². The lowest BCUT2D eigenvalue weighted by molar-refractivity contribution is 0.130. The third kappa shape index (κ3) is 2.92. The van der Waals surface area contributed by atoms with Gasteiger partial charge >= 0.3 is 0 Å². The van der Waals surface area contributed by atoms with Crippen LogP contribution < -0.4 is 9.64 Å². The molecule has 0 saturated carbocycles. The molecule has 3 heteroatoms. The van der Waals surface area contributed by atoms with Gasteiger partial charge in [-0.2, -0.15) is 0 Å². The van der Waals surface area contributed by atoms with E-state index in [1.807, 2.05) is 50.2 Å². The molecule has 1 atom stereocenters. The van der Waals surface area contributed by atoms with Crippen LogP contribution in [0.2, 0.25) is 0 Å². The minimum absolute atomic E-state index is 0.0339. The Balaban J connectivity index is 2.73. The Bertz CT molecular complexity index is 286. The summed E-state index contributed by atoms with van der Waals surface area (Å²) in [5.74, 6) is 0.790. The zero-order valence-corrected chi connectivity index (χ0v) is 8.90. The molecule has 0 aliphatic rings. The van der Waals surface area contributed by atoms with Crippen molar-refractivity contribution in [3.8, 4) is 5.75 Å². The Hall–Kier alpha value is -1.22. The van der Waals surface area contributed by atoms with E-state index >= 15 is 0 Å². The number of aliphatic hydroxyl groups is 1. The molecule has 0 spiro atoms. The summed E-state index contributed by atoms with van der Waals surface area (Å²) in [4.78, 5) is 2.01. The number of hydrogen-bond donors (Lipinski definition) is 1. The molecule has 0 saturated heterocycles. The summed E-state index contributed by atoms with van der Waals surface area (Å²) >= 11 is 0. The maximum Gasteiger partial charge on any atom is 0.121 e. The molecular weight excluding hydrogens is 178 g/mol. The summed E-state index contributed by atoms with van der Waals surface area (Å²) in [7, 11) is 3.96. The van der Waals surface area contributed by atoms with Crippen LogP contribution in [0.25, 0.3) is 0 Å². The van der Waals surface area contributed by atoms with E-state index in [0.29, 0.717) is 0 Å². The number of nitrogens with zero attached hydrogens (tertiary/aromatic N) is 1. The van der Waals surface area contributed by atoms with Gasteiger partial charge in [0.15, 0.2) is 0 Å². The Morgan fingerprint density at radius 3 is 2.71 bits per heavy atom. The predicted molar refractivity (Wildman–Crippen MR) is 57.9 cm³/mol. The molecule has 1 N–H and O–H groups in total. The minimum atomic E-state index is -0.160. The van der Waals surface area contributed by atoms with E-state index in [9.17, 15) is 0 Å². The molecule has 0 aromatic heterocycles. The summed E-state index contributed by atoms with van der Waals surface area (Å²) < 4.78 is 5.48. The van der Waals surface area contributed by atoms with E-state index in [1.54, 1.807) is 0 Å². The molecule has 0 radical (unpaired) electrons. The lowest BCUT2D eigenvalue weighted by Crippen LogP contribution is -2.16. The van der Waals surface area contributed by atoms with E-state index < -0.39 is 0 Å². The Kier molecular flexibility index (Phi) is 3.77. The first kappa shape index (κ1) is 10.9. The topological polar surface area (TPSA) is 32.7 Å². The fraction of sp³-hybridized carbons (Fsp3) is 0.455. The normalized spacial score (nSPS) is 12.3.